The molecule has 0 radical (unpaired) electrons. The number of carbonyl (C=O) groups is 3. The van der Waals surface area contributed by atoms with Gasteiger partial charge in [0.05, 0.1) is 19.8 Å². The van der Waals surface area contributed by atoms with Crippen molar-refractivity contribution < 1.29 is 28.6 Å². The van der Waals surface area contributed by atoms with Gasteiger partial charge in [0.1, 0.15) is 17.7 Å². The molecule has 1 heterocycles. The first-order valence-corrected chi connectivity index (χ1v) is 10.0. The van der Waals surface area contributed by atoms with E-state index in [9.17, 15) is 14.4 Å². The van der Waals surface area contributed by atoms with E-state index in [1.165, 1.54) is 12.0 Å². The van der Waals surface area contributed by atoms with Gasteiger partial charge in [-0.15, -0.1) is 6.58 Å². The van der Waals surface area contributed by atoms with E-state index >= 15 is 0 Å². The maximum absolute atomic E-state index is 13.4. The zero-order valence-electron chi connectivity index (χ0n) is 18.7. The van der Waals surface area contributed by atoms with Crippen molar-refractivity contribution in [1.82, 2.24) is 10.2 Å². The lowest BCUT2D eigenvalue weighted by Gasteiger charge is -2.33. The Morgan fingerprint density at radius 1 is 1.24 bits per heavy atom. The SMILES string of the molecule is C=CCOC(C)[C@H](NC(=O)OC(C)(C)C)C(=O)N1CC[C@H](C(C)C)[C@H]1C(=O)OC. The van der Waals surface area contributed by atoms with Crippen molar-refractivity contribution >= 4 is 18.0 Å². The Hall–Kier alpha value is -2.09. The maximum Gasteiger partial charge on any atom is 0.408 e. The molecule has 1 aliphatic rings. The van der Waals surface area contributed by atoms with Crippen LogP contribution in [-0.4, -0.2) is 66.9 Å². The molecule has 0 bridgehead atoms. The Bertz CT molecular complexity index is 598. The molecule has 1 unspecified atom stereocenters. The van der Waals surface area contributed by atoms with Crippen molar-refractivity contribution in [2.75, 3.05) is 20.3 Å². The largest absolute Gasteiger partial charge is 0.467 e. The summed E-state index contributed by atoms with van der Waals surface area (Å²) in [4.78, 5) is 39.7. The molecule has 0 aliphatic carbocycles. The summed E-state index contributed by atoms with van der Waals surface area (Å²) in [7, 11) is 1.31. The van der Waals surface area contributed by atoms with E-state index in [0.29, 0.717) is 13.0 Å². The average Bonchev–Trinajstić information content (AvgIpc) is 3.06. The number of hydrogen-bond acceptors (Lipinski definition) is 6. The Morgan fingerprint density at radius 2 is 1.86 bits per heavy atom. The van der Waals surface area contributed by atoms with E-state index < -0.39 is 41.8 Å². The molecule has 0 aromatic rings. The van der Waals surface area contributed by atoms with Gasteiger partial charge < -0.3 is 24.4 Å². The minimum atomic E-state index is -1.01. The third-order valence-electron chi connectivity index (χ3n) is 4.91. The van der Waals surface area contributed by atoms with Crippen LogP contribution in [0.5, 0.6) is 0 Å². The number of ether oxygens (including phenoxy) is 3. The standard InChI is InChI=1S/C21H36N2O6/c1-9-12-28-14(4)16(22-20(26)29-21(5,6)7)18(24)23-11-10-15(13(2)3)17(23)19(25)27-8/h9,13-17H,1,10-12H2,2-8H3,(H,22,26)/t14?,15-,16+,17+/m1/s1. The highest BCUT2D eigenvalue weighted by Crippen LogP contribution is 2.32. The van der Waals surface area contributed by atoms with Gasteiger partial charge in [-0.2, -0.15) is 0 Å². The average molecular weight is 413 g/mol. The number of methoxy groups -OCH3 is 1. The molecule has 2 amide bonds. The summed E-state index contributed by atoms with van der Waals surface area (Å²) in [6.45, 7) is 15.2. The lowest BCUT2D eigenvalue weighted by atomic mass is 9.88. The van der Waals surface area contributed by atoms with Crippen LogP contribution in [0.1, 0.15) is 48.0 Å². The van der Waals surface area contributed by atoms with Crippen LogP contribution >= 0.6 is 0 Å². The normalized spacial score (nSPS) is 21.4. The first kappa shape index (κ1) is 24.9. The predicted octanol–water partition coefficient (Wildman–Crippen LogP) is 2.52. The van der Waals surface area contributed by atoms with Gasteiger partial charge in [0, 0.05) is 6.54 Å². The van der Waals surface area contributed by atoms with Crippen LogP contribution in [0.2, 0.25) is 0 Å². The zero-order chi connectivity index (χ0) is 22.4. The Labute approximate surface area is 173 Å². The molecule has 8 heteroatoms. The second kappa shape index (κ2) is 10.6. The summed E-state index contributed by atoms with van der Waals surface area (Å²) in [5.41, 5.74) is -0.714. The second-order valence-corrected chi connectivity index (χ2v) is 8.65. The highest BCUT2D eigenvalue weighted by molar-refractivity contribution is 5.91. The van der Waals surface area contributed by atoms with Gasteiger partial charge in [0.25, 0.3) is 0 Å². The van der Waals surface area contributed by atoms with E-state index in [2.05, 4.69) is 11.9 Å². The maximum atomic E-state index is 13.4. The van der Waals surface area contributed by atoms with Gasteiger partial charge in [-0.25, -0.2) is 9.59 Å². The molecule has 1 aliphatic heterocycles. The third kappa shape index (κ3) is 7.03. The minimum absolute atomic E-state index is 0.0158. The van der Waals surface area contributed by atoms with Crippen molar-refractivity contribution in [3.05, 3.63) is 12.7 Å². The molecular weight excluding hydrogens is 376 g/mol. The quantitative estimate of drug-likeness (QED) is 0.486. The fraction of sp³-hybridized carbons (Fsp3) is 0.762. The van der Waals surface area contributed by atoms with E-state index in [1.807, 2.05) is 13.8 Å². The van der Waals surface area contributed by atoms with Gasteiger partial charge in [0.2, 0.25) is 5.91 Å². The highest BCUT2D eigenvalue weighted by atomic mass is 16.6. The van der Waals surface area contributed by atoms with Gasteiger partial charge in [-0.05, 0) is 46.0 Å². The topological polar surface area (TPSA) is 94.2 Å². The van der Waals surface area contributed by atoms with Crippen LogP contribution < -0.4 is 5.32 Å². The van der Waals surface area contributed by atoms with Gasteiger partial charge in [-0.1, -0.05) is 19.9 Å². The van der Waals surface area contributed by atoms with Crippen molar-refractivity contribution in [3.8, 4) is 0 Å². The minimum Gasteiger partial charge on any atom is -0.467 e. The van der Waals surface area contributed by atoms with Crippen LogP contribution in [0, 0.1) is 11.8 Å². The highest BCUT2D eigenvalue weighted by Gasteiger charge is 2.46. The number of likely N-dealkylation sites (tertiary alicyclic amines) is 1. The number of nitrogens with one attached hydrogen (secondary N) is 1. The van der Waals surface area contributed by atoms with Crippen molar-refractivity contribution in [2.45, 2.75) is 71.8 Å². The Kier molecular flexibility index (Phi) is 9.14. The number of rotatable bonds is 8. The third-order valence-corrected chi connectivity index (χ3v) is 4.91. The molecule has 4 atom stereocenters. The van der Waals surface area contributed by atoms with Crippen LogP contribution in [0.4, 0.5) is 4.79 Å². The number of alkyl carbamates (subject to hydrolysis) is 1. The summed E-state index contributed by atoms with van der Waals surface area (Å²) < 4.78 is 15.9. The summed E-state index contributed by atoms with van der Waals surface area (Å²) in [6, 6.07) is -1.70. The van der Waals surface area contributed by atoms with Crippen LogP contribution in [0.15, 0.2) is 12.7 Å². The van der Waals surface area contributed by atoms with Crippen LogP contribution in [0.25, 0.3) is 0 Å². The fourth-order valence-corrected chi connectivity index (χ4v) is 3.49. The van der Waals surface area contributed by atoms with E-state index in [4.69, 9.17) is 14.2 Å². The number of esters is 1. The molecule has 0 spiro atoms. The van der Waals surface area contributed by atoms with E-state index in [-0.39, 0.29) is 18.4 Å². The van der Waals surface area contributed by atoms with Gasteiger partial charge >= 0.3 is 12.1 Å². The lowest BCUT2D eigenvalue weighted by Crippen LogP contribution is -2.57. The zero-order valence-corrected chi connectivity index (χ0v) is 18.7. The number of hydrogen-bond donors (Lipinski definition) is 1. The summed E-state index contributed by atoms with van der Waals surface area (Å²) in [6.07, 6.45) is 0.876. The molecule has 1 rings (SSSR count). The number of carbonyl (C=O) groups excluding carboxylic acids is 3. The monoisotopic (exact) mass is 412 g/mol. The van der Waals surface area contributed by atoms with E-state index in [0.717, 1.165) is 0 Å². The summed E-state index contributed by atoms with van der Waals surface area (Å²) in [5.74, 6) is -0.669. The van der Waals surface area contributed by atoms with Crippen molar-refractivity contribution in [2.24, 2.45) is 11.8 Å². The van der Waals surface area contributed by atoms with Crippen LogP contribution in [-0.2, 0) is 23.8 Å². The van der Waals surface area contributed by atoms with Gasteiger partial charge in [-0.3, -0.25) is 4.79 Å². The first-order valence-electron chi connectivity index (χ1n) is 10.0. The molecule has 1 fully saturated rings. The van der Waals surface area contributed by atoms with Crippen molar-refractivity contribution in [1.29, 1.82) is 0 Å². The molecule has 166 valence electrons. The Morgan fingerprint density at radius 3 is 2.34 bits per heavy atom. The van der Waals surface area contributed by atoms with E-state index in [1.54, 1.807) is 33.8 Å². The first-order chi connectivity index (χ1) is 13.4. The molecule has 1 saturated heterocycles. The molecular formula is C21H36N2O6. The summed E-state index contributed by atoms with van der Waals surface area (Å²) >= 11 is 0. The fourth-order valence-electron chi connectivity index (χ4n) is 3.49. The smallest absolute Gasteiger partial charge is 0.408 e. The molecule has 1 N–H and O–H groups in total. The summed E-state index contributed by atoms with van der Waals surface area (Å²) in [5, 5.41) is 2.62. The van der Waals surface area contributed by atoms with Crippen LogP contribution in [0.3, 0.4) is 0 Å². The lowest BCUT2D eigenvalue weighted by molar-refractivity contribution is -0.154. The predicted molar refractivity (Wildman–Crippen MR) is 109 cm³/mol. The molecule has 0 saturated carbocycles. The molecule has 0 aromatic carbocycles. The molecule has 8 nitrogen and oxygen atoms in total. The molecule has 0 aromatic heterocycles. The van der Waals surface area contributed by atoms with Gasteiger partial charge in [0.15, 0.2) is 0 Å². The second-order valence-electron chi connectivity index (χ2n) is 8.65. The van der Waals surface area contributed by atoms with Crippen molar-refractivity contribution in [3.63, 3.8) is 0 Å². The number of nitrogens with zero attached hydrogens (tertiary/aromatic N) is 1. The number of amides is 2. The molecule has 29 heavy (non-hydrogen) atoms. The Balaban J connectivity index is 3.11.